The van der Waals surface area contributed by atoms with E-state index in [2.05, 4.69) is 19.9 Å². The summed E-state index contributed by atoms with van der Waals surface area (Å²) < 4.78 is 5.17. The average molecular weight is 163 g/mol. The molecular weight excluding hydrogens is 150 g/mol. The van der Waals surface area contributed by atoms with Crippen molar-refractivity contribution in [2.75, 3.05) is 0 Å². The molecule has 1 aromatic heterocycles. The Bertz CT molecular complexity index is 359. The van der Waals surface area contributed by atoms with Crippen LogP contribution >= 0.6 is 0 Å². The number of hydrogen-bond acceptors (Lipinski definition) is 2. The van der Waals surface area contributed by atoms with Gasteiger partial charge in [0.1, 0.15) is 5.42 Å². The van der Waals surface area contributed by atoms with Crippen molar-refractivity contribution in [2.45, 2.75) is 13.8 Å². The fraction of sp³-hybridized carbons (Fsp3) is 0.300. The van der Waals surface area contributed by atoms with Crippen LogP contribution in [-0.2, 0) is 0 Å². The molecule has 1 aromatic rings. The maximum atomic E-state index is 6.90. The Balaban J connectivity index is 3.25. The van der Waals surface area contributed by atoms with Crippen molar-refractivity contribution in [1.82, 2.24) is 0 Å². The van der Waals surface area contributed by atoms with E-state index in [1.54, 1.807) is 12.3 Å². The highest BCUT2D eigenvalue weighted by Crippen LogP contribution is 1.90. The van der Waals surface area contributed by atoms with Crippen LogP contribution in [0.4, 0.5) is 0 Å². The molecule has 1 N–H and O–H groups in total. The van der Waals surface area contributed by atoms with Crippen LogP contribution in [0.3, 0.4) is 0 Å². The normalized spacial score (nSPS) is 14.2. The van der Waals surface area contributed by atoms with E-state index in [-0.39, 0.29) is 0 Å². The van der Waals surface area contributed by atoms with Crippen molar-refractivity contribution < 1.29 is 4.42 Å². The molecule has 0 atom stereocenters. The third-order valence-electron chi connectivity index (χ3n) is 1.47. The predicted octanol–water partition coefficient (Wildman–Crippen LogP) is 1.15. The van der Waals surface area contributed by atoms with Crippen LogP contribution in [0.5, 0.6) is 0 Å². The Morgan fingerprint density at radius 2 is 2.25 bits per heavy atom. The second-order valence-corrected chi connectivity index (χ2v) is 2.98. The number of hydrogen-bond donors (Lipinski definition) is 1. The molecule has 2 nitrogen and oxygen atoms in total. The molecule has 0 unspecified atom stereocenters. The van der Waals surface area contributed by atoms with E-state index < -0.39 is 0 Å². The minimum absolute atomic E-state index is 0.500. The third-order valence-corrected chi connectivity index (χ3v) is 1.47. The largest absolute Gasteiger partial charge is 0.464 e. The van der Waals surface area contributed by atoms with E-state index in [9.17, 15) is 0 Å². The van der Waals surface area contributed by atoms with Gasteiger partial charge in [0.25, 0.3) is 0 Å². The summed E-state index contributed by atoms with van der Waals surface area (Å²) in [5, 5.41) is 7.97. The third kappa shape index (κ3) is 2.09. The Labute approximate surface area is 71.7 Å². The van der Waals surface area contributed by atoms with Crippen molar-refractivity contribution in [2.24, 2.45) is 5.92 Å². The summed E-state index contributed by atoms with van der Waals surface area (Å²) in [7, 11) is 0. The van der Waals surface area contributed by atoms with Crippen molar-refractivity contribution in [3.8, 4) is 0 Å². The molecule has 0 aliphatic heterocycles. The van der Waals surface area contributed by atoms with E-state index in [1.165, 1.54) is 6.21 Å². The first kappa shape index (κ1) is 8.78. The van der Waals surface area contributed by atoms with Crippen molar-refractivity contribution in [3.63, 3.8) is 0 Å². The van der Waals surface area contributed by atoms with E-state index in [0.29, 0.717) is 5.92 Å². The summed E-state index contributed by atoms with van der Waals surface area (Å²) in [6.45, 7) is 4.22. The van der Waals surface area contributed by atoms with Crippen LogP contribution in [0.1, 0.15) is 13.8 Å². The zero-order valence-corrected chi connectivity index (χ0v) is 7.37. The second-order valence-electron chi connectivity index (χ2n) is 2.98. The van der Waals surface area contributed by atoms with Gasteiger partial charge in [0.2, 0.25) is 0 Å². The molecule has 0 bridgehead atoms. The molecular formula is C10H13NO. The van der Waals surface area contributed by atoms with Crippen LogP contribution < -0.4 is 10.6 Å². The van der Waals surface area contributed by atoms with Gasteiger partial charge in [-0.1, -0.05) is 19.9 Å². The molecule has 2 heteroatoms. The summed E-state index contributed by atoms with van der Waals surface area (Å²) in [6.07, 6.45) is 6.63. The first-order valence-electron chi connectivity index (χ1n) is 4.00. The number of nitrogens with one attached hydrogen (secondary N) is 1. The minimum Gasteiger partial charge on any atom is -0.464 e. The first-order chi connectivity index (χ1) is 5.74. The molecule has 0 radical (unpaired) electrons. The lowest BCUT2D eigenvalue weighted by molar-refractivity contribution is 0.531. The Morgan fingerprint density at radius 1 is 1.50 bits per heavy atom. The molecule has 0 aliphatic carbocycles. The van der Waals surface area contributed by atoms with Gasteiger partial charge in [-0.2, -0.15) is 0 Å². The zero-order chi connectivity index (χ0) is 8.97. The highest BCUT2D eigenvalue weighted by atomic mass is 16.3. The van der Waals surface area contributed by atoms with Crippen molar-refractivity contribution >= 4 is 18.4 Å². The Hall–Kier alpha value is -1.31. The molecule has 1 rings (SSSR count). The van der Waals surface area contributed by atoms with E-state index in [1.807, 2.05) is 6.07 Å². The SMILES string of the molecule is CC(C)/C=c1/cco/c1=C/C=N. The van der Waals surface area contributed by atoms with Gasteiger partial charge < -0.3 is 9.83 Å². The topological polar surface area (TPSA) is 37.0 Å². The zero-order valence-electron chi connectivity index (χ0n) is 7.37. The van der Waals surface area contributed by atoms with Crippen molar-refractivity contribution in [1.29, 1.82) is 5.41 Å². The summed E-state index contributed by atoms with van der Waals surface area (Å²) >= 11 is 0. The smallest absolute Gasteiger partial charge is 0.135 e. The summed E-state index contributed by atoms with van der Waals surface area (Å²) in [6, 6.07) is 1.91. The molecule has 12 heavy (non-hydrogen) atoms. The number of rotatable bonds is 2. The molecule has 0 aromatic carbocycles. The van der Waals surface area contributed by atoms with Gasteiger partial charge in [-0.15, -0.1) is 0 Å². The van der Waals surface area contributed by atoms with Gasteiger partial charge in [0, 0.05) is 11.4 Å². The van der Waals surface area contributed by atoms with Crippen LogP contribution in [-0.4, -0.2) is 6.21 Å². The standard InChI is InChI=1S/C10H13NO/c1-8(2)7-9-4-6-12-10(9)3-5-11/h3-8,11H,1-2H3/b9-7-,10-3+,11-5?. The van der Waals surface area contributed by atoms with E-state index >= 15 is 0 Å². The molecule has 0 saturated carbocycles. The fourth-order valence-corrected chi connectivity index (χ4v) is 1.04. The minimum atomic E-state index is 0.500. The average Bonchev–Trinajstić information content (AvgIpc) is 2.37. The fourth-order valence-electron chi connectivity index (χ4n) is 1.04. The van der Waals surface area contributed by atoms with E-state index in [4.69, 9.17) is 9.83 Å². The van der Waals surface area contributed by atoms with Crippen LogP contribution in [0.2, 0.25) is 0 Å². The lowest BCUT2D eigenvalue weighted by Gasteiger charge is -1.89. The Kier molecular flexibility index (Phi) is 2.86. The molecule has 64 valence electrons. The highest BCUT2D eigenvalue weighted by Gasteiger charge is 1.89. The van der Waals surface area contributed by atoms with Crippen LogP contribution in [0.15, 0.2) is 16.7 Å². The Morgan fingerprint density at radius 3 is 2.83 bits per heavy atom. The maximum absolute atomic E-state index is 6.90. The summed E-state index contributed by atoms with van der Waals surface area (Å²) in [5.41, 5.74) is 0.763. The van der Waals surface area contributed by atoms with Gasteiger partial charge in [-0.25, -0.2) is 0 Å². The number of furan rings is 1. The highest BCUT2D eigenvalue weighted by molar-refractivity contribution is 5.87. The van der Waals surface area contributed by atoms with Crippen LogP contribution in [0, 0.1) is 11.3 Å². The van der Waals surface area contributed by atoms with Gasteiger partial charge in [0.15, 0.2) is 0 Å². The maximum Gasteiger partial charge on any atom is 0.135 e. The van der Waals surface area contributed by atoms with Gasteiger partial charge in [-0.3, -0.25) is 0 Å². The first-order valence-corrected chi connectivity index (χ1v) is 4.00. The molecule has 0 aliphatic rings. The predicted molar refractivity (Wildman–Crippen MR) is 50.5 cm³/mol. The summed E-state index contributed by atoms with van der Waals surface area (Å²) in [5.74, 6) is 0.500. The van der Waals surface area contributed by atoms with Gasteiger partial charge in [-0.05, 0) is 18.1 Å². The molecule has 1 heterocycles. The summed E-state index contributed by atoms with van der Waals surface area (Å²) in [4.78, 5) is 0. The van der Waals surface area contributed by atoms with Crippen molar-refractivity contribution in [3.05, 3.63) is 23.0 Å². The lowest BCUT2D eigenvalue weighted by atomic mass is 10.2. The molecule has 0 saturated heterocycles. The quantitative estimate of drug-likeness (QED) is 0.652. The molecule has 0 amide bonds. The van der Waals surface area contributed by atoms with Crippen LogP contribution in [0.25, 0.3) is 12.2 Å². The van der Waals surface area contributed by atoms with E-state index in [0.717, 1.165) is 10.6 Å². The molecule has 0 spiro atoms. The van der Waals surface area contributed by atoms with Gasteiger partial charge >= 0.3 is 0 Å². The second kappa shape index (κ2) is 3.90. The molecule has 0 fully saturated rings. The van der Waals surface area contributed by atoms with Gasteiger partial charge in [0.05, 0.1) is 6.26 Å². The lowest BCUT2D eigenvalue weighted by Crippen LogP contribution is -2.20. The monoisotopic (exact) mass is 163 g/mol.